The van der Waals surface area contributed by atoms with Gasteiger partial charge in [-0.05, 0) is 40.4 Å². The number of hydrogen-bond donors (Lipinski definition) is 1. The molecule has 0 heterocycles. The van der Waals surface area contributed by atoms with Gasteiger partial charge in [-0.2, -0.15) is 0 Å². The van der Waals surface area contributed by atoms with Crippen LogP contribution in [0.5, 0.6) is 0 Å². The average molecular weight is 285 g/mol. The molecule has 0 aliphatic heterocycles. The van der Waals surface area contributed by atoms with Crippen LogP contribution < -0.4 is 0 Å². The van der Waals surface area contributed by atoms with Crippen molar-refractivity contribution < 1.29 is 5.11 Å². The normalized spacial score (nSPS) is 17.9. The third kappa shape index (κ3) is 3.81. The molecule has 0 saturated carbocycles. The molecule has 2 heteroatoms. The third-order valence-electron chi connectivity index (χ3n) is 4.62. The SMILES string of the molecule is CC(C)S(CCC1=CC=C(O)CC1)(C(C)C)C(C)C. The Kier molecular flexibility index (Phi) is 6.04. The van der Waals surface area contributed by atoms with Gasteiger partial charge in [-0.1, -0.05) is 53.2 Å². The van der Waals surface area contributed by atoms with Gasteiger partial charge < -0.3 is 5.11 Å². The van der Waals surface area contributed by atoms with Crippen molar-refractivity contribution in [2.75, 3.05) is 5.75 Å². The largest absolute Gasteiger partial charge is 0.512 e. The Labute approximate surface area is 121 Å². The molecule has 1 rings (SSSR count). The smallest absolute Gasteiger partial charge is 0.0925 e. The summed E-state index contributed by atoms with van der Waals surface area (Å²) in [5, 5.41) is 11.8. The van der Waals surface area contributed by atoms with E-state index < -0.39 is 10.0 Å². The molecule has 0 atom stereocenters. The van der Waals surface area contributed by atoms with Crippen LogP contribution in [0.4, 0.5) is 0 Å². The molecule has 0 unspecified atom stereocenters. The lowest BCUT2D eigenvalue weighted by Crippen LogP contribution is -2.31. The summed E-state index contributed by atoms with van der Waals surface area (Å²) in [5.74, 6) is 1.89. The number of hydrogen-bond acceptors (Lipinski definition) is 1. The van der Waals surface area contributed by atoms with E-state index in [0.29, 0.717) is 5.76 Å². The van der Waals surface area contributed by atoms with Crippen LogP contribution in [-0.2, 0) is 0 Å². The number of rotatable bonds is 6. The van der Waals surface area contributed by atoms with E-state index in [-0.39, 0.29) is 0 Å². The molecule has 19 heavy (non-hydrogen) atoms. The molecule has 1 nitrogen and oxygen atoms in total. The fraction of sp³-hybridized carbons (Fsp3) is 0.765. The van der Waals surface area contributed by atoms with Crippen molar-refractivity contribution in [1.82, 2.24) is 0 Å². The lowest BCUT2D eigenvalue weighted by molar-refractivity contribution is 0.385. The fourth-order valence-corrected chi connectivity index (χ4v) is 8.82. The van der Waals surface area contributed by atoms with Crippen LogP contribution in [0.25, 0.3) is 0 Å². The van der Waals surface area contributed by atoms with Gasteiger partial charge >= 0.3 is 0 Å². The molecule has 0 saturated heterocycles. The summed E-state index contributed by atoms with van der Waals surface area (Å²) in [7, 11) is -0.583. The van der Waals surface area contributed by atoms with Gasteiger partial charge in [0.2, 0.25) is 0 Å². The van der Waals surface area contributed by atoms with E-state index in [4.69, 9.17) is 0 Å². The molecule has 0 bridgehead atoms. The summed E-state index contributed by atoms with van der Waals surface area (Å²) in [6.07, 6.45) is 7.12. The first-order valence-electron chi connectivity index (χ1n) is 7.65. The summed E-state index contributed by atoms with van der Waals surface area (Å²) in [4.78, 5) is 0. The second kappa shape index (κ2) is 6.88. The minimum absolute atomic E-state index is 0.541. The van der Waals surface area contributed by atoms with Crippen LogP contribution in [0.3, 0.4) is 0 Å². The van der Waals surface area contributed by atoms with Crippen molar-refractivity contribution in [3.63, 3.8) is 0 Å². The van der Waals surface area contributed by atoms with Gasteiger partial charge in [-0.3, -0.25) is 0 Å². The maximum absolute atomic E-state index is 9.44. The molecule has 0 amide bonds. The summed E-state index contributed by atoms with van der Waals surface area (Å²) in [6.45, 7) is 14.5. The Morgan fingerprint density at radius 2 is 1.47 bits per heavy atom. The average Bonchev–Trinajstić information content (AvgIpc) is 2.30. The number of aliphatic hydroxyl groups excluding tert-OH is 1. The molecule has 1 N–H and O–H groups in total. The molecule has 0 aromatic heterocycles. The van der Waals surface area contributed by atoms with Gasteiger partial charge in [0.1, 0.15) is 0 Å². The number of allylic oxidation sites excluding steroid dienone is 4. The predicted molar refractivity (Wildman–Crippen MR) is 90.5 cm³/mol. The van der Waals surface area contributed by atoms with E-state index in [1.54, 1.807) is 0 Å². The first-order valence-corrected chi connectivity index (χ1v) is 9.65. The minimum atomic E-state index is -0.583. The standard InChI is InChI=1S/C17H32OS/c1-13(2)19(14(3)4,15(5)6)12-11-16-7-9-17(18)10-8-16/h7,9,13-15,18H,8,10-12H2,1-6H3. The second-order valence-electron chi connectivity index (χ2n) is 6.49. The first-order chi connectivity index (χ1) is 8.80. The maximum Gasteiger partial charge on any atom is 0.0925 e. The van der Waals surface area contributed by atoms with Gasteiger partial charge in [0.15, 0.2) is 0 Å². The van der Waals surface area contributed by atoms with Crippen molar-refractivity contribution in [3.05, 3.63) is 23.5 Å². The predicted octanol–water partition coefficient (Wildman–Crippen LogP) is 5.57. The Bertz CT molecular complexity index is 328. The summed E-state index contributed by atoms with van der Waals surface area (Å²) in [5.41, 5.74) is 1.52. The van der Waals surface area contributed by atoms with Crippen LogP contribution in [0.1, 0.15) is 60.8 Å². The van der Waals surface area contributed by atoms with Crippen molar-refractivity contribution in [1.29, 1.82) is 0 Å². The van der Waals surface area contributed by atoms with Crippen molar-refractivity contribution >= 4 is 10.0 Å². The van der Waals surface area contributed by atoms with E-state index >= 15 is 0 Å². The minimum Gasteiger partial charge on any atom is -0.512 e. The highest BCUT2D eigenvalue weighted by Crippen LogP contribution is 2.61. The lowest BCUT2D eigenvalue weighted by Gasteiger charge is -2.52. The molecular weight excluding hydrogens is 252 g/mol. The highest BCUT2D eigenvalue weighted by molar-refractivity contribution is 8.35. The lowest BCUT2D eigenvalue weighted by atomic mass is 10.0. The summed E-state index contributed by atoms with van der Waals surface area (Å²) in [6, 6.07) is 0. The topological polar surface area (TPSA) is 20.2 Å². The first kappa shape index (κ1) is 16.7. The molecule has 0 radical (unpaired) electrons. The zero-order valence-electron chi connectivity index (χ0n) is 13.6. The van der Waals surface area contributed by atoms with E-state index in [2.05, 4.69) is 47.6 Å². The van der Waals surface area contributed by atoms with E-state index in [1.807, 2.05) is 6.08 Å². The Morgan fingerprint density at radius 1 is 0.947 bits per heavy atom. The molecule has 1 aliphatic rings. The van der Waals surface area contributed by atoms with Crippen LogP contribution in [-0.4, -0.2) is 26.6 Å². The summed E-state index contributed by atoms with van der Waals surface area (Å²) >= 11 is 0. The quantitative estimate of drug-likeness (QED) is 0.676. The Morgan fingerprint density at radius 3 is 1.84 bits per heavy atom. The molecule has 0 fully saturated rings. The van der Waals surface area contributed by atoms with Crippen molar-refractivity contribution in [3.8, 4) is 0 Å². The van der Waals surface area contributed by atoms with Crippen molar-refractivity contribution in [2.45, 2.75) is 76.6 Å². The zero-order chi connectivity index (χ0) is 14.6. The van der Waals surface area contributed by atoms with Crippen LogP contribution in [0.2, 0.25) is 0 Å². The van der Waals surface area contributed by atoms with Gasteiger partial charge in [0.25, 0.3) is 0 Å². The van der Waals surface area contributed by atoms with Crippen LogP contribution in [0, 0.1) is 0 Å². The van der Waals surface area contributed by atoms with E-state index in [0.717, 1.165) is 28.6 Å². The summed E-state index contributed by atoms with van der Waals surface area (Å²) < 4.78 is 0. The second-order valence-corrected chi connectivity index (χ2v) is 11.5. The zero-order valence-corrected chi connectivity index (χ0v) is 14.4. The molecule has 0 aromatic rings. The molecule has 0 spiro atoms. The highest BCUT2D eigenvalue weighted by Gasteiger charge is 2.34. The van der Waals surface area contributed by atoms with Crippen LogP contribution in [0.15, 0.2) is 23.5 Å². The maximum atomic E-state index is 9.44. The highest BCUT2D eigenvalue weighted by atomic mass is 32.3. The van der Waals surface area contributed by atoms with Gasteiger partial charge in [-0.15, -0.1) is 0 Å². The monoisotopic (exact) mass is 284 g/mol. The number of aliphatic hydroxyl groups is 1. The Hall–Kier alpha value is -0.370. The van der Waals surface area contributed by atoms with Crippen LogP contribution >= 0.6 is 10.0 Å². The molecule has 1 aliphatic carbocycles. The third-order valence-corrected chi connectivity index (χ3v) is 10.8. The fourth-order valence-electron chi connectivity index (χ4n) is 3.53. The molecule has 0 aromatic carbocycles. The molecular formula is C17H32OS. The van der Waals surface area contributed by atoms with E-state index in [1.165, 1.54) is 17.7 Å². The van der Waals surface area contributed by atoms with Gasteiger partial charge in [0.05, 0.1) is 5.76 Å². The Balaban J connectivity index is 2.79. The van der Waals surface area contributed by atoms with E-state index in [9.17, 15) is 5.11 Å². The van der Waals surface area contributed by atoms with Gasteiger partial charge in [-0.25, -0.2) is 10.0 Å². The van der Waals surface area contributed by atoms with Gasteiger partial charge in [0, 0.05) is 6.42 Å². The molecule has 112 valence electrons. The van der Waals surface area contributed by atoms with Crippen molar-refractivity contribution in [2.24, 2.45) is 0 Å².